The molecule has 0 bridgehead atoms. The number of nitrogens with zero attached hydrogens (tertiary/aromatic N) is 6. The van der Waals surface area contributed by atoms with E-state index < -0.39 is 18.3 Å². The highest BCUT2D eigenvalue weighted by atomic mass is 19.4. The molecule has 3 aromatic rings. The SMILES string of the molecule is CC(n1nc(C2NOC(C3CC3)=C2c2ncc(C3CCNCC3)cn2)c2c(N)ncnc21)C(F)(F)F. The largest absolute Gasteiger partial charge is 0.411 e. The highest BCUT2D eigenvalue weighted by Gasteiger charge is 2.44. The molecule has 1 aliphatic carbocycles. The Morgan fingerprint density at radius 1 is 1.06 bits per heavy atom. The molecule has 10 nitrogen and oxygen atoms in total. The van der Waals surface area contributed by atoms with E-state index in [2.05, 4.69) is 35.8 Å². The van der Waals surface area contributed by atoms with Crippen LogP contribution in [-0.4, -0.2) is 49.0 Å². The molecule has 2 unspecified atom stereocenters. The summed E-state index contributed by atoms with van der Waals surface area (Å²) >= 11 is 0. The molecule has 5 heterocycles. The smallest absolute Gasteiger partial charge is 0.410 e. The highest BCUT2D eigenvalue weighted by molar-refractivity contribution is 5.91. The summed E-state index contributed by atoms with van der Waals surface area (Å²) in [5, 5.41) is 7.96. The fourth-order valence-corrected chi connectivity index (χ4v) is 4.94. The van der Waals surface area contributed by atoms with Gasteiger partial charge in [-0.3, -0.25) is 0 Å². The van der Waals surface area contributed by atoms with E-state index in [1.807, 2.05) is 12.4 Å². The first kappa shape index (κ1) is 23.1. The van der Waals surface area contributed by atoms with Crippen LogP contribution in [0.4, 0.5) is 19.0 Å². The minimum Gasteiger partial charge on any atom is -0.411 e. The molecule has 2 atom stereocenters. The number of alkyl halides is 3. The van der Waals surface area contributed by atoms with E-state index >= 15 is 0 Å². The molecule has 3 aliphatic rings. The molecule has 13 heteroatoms. The van der Waals surface area contributed by atoms with Gasteiger partial charge in [0.15, 0.2) is 11.5 Å². The van der Waals surface area contributed by atoms with Crippen molar-refractivity contribution in [3.63, 3.8) is 0 Å². The van der Waals surface area contributed by atoms with Gasteiger partial charge in [0.2, 0.25) is 0 Å². The van der Waals surface area contributed by atoms with Crippen LogP contribution in [0.1, 0.15) is 67.7 Å². The molecule has 2 aliphatic heterocycles. The minimum absolute atomic E-state index is 0.00511. The number of nitrogens with one attached hydrogen (secondary N) is 2. The Labute approximate surface area is 204 Å². The van der Waals surface area contributed by atoms with Gasteiger partial charge in [-0.05, 0) is 57.2 Å². The molecule has 3 aromatic heterocycles. The van der Waals surface area contributed by atoms with Gasteiger partial charge in [-0.1, -0.05) is 0 Å². The number of piperidine rings is 1. The van der Waals surface area contributed by atoms with Crippen molar-refractivity contribution < 1.29 is 18.0 Å². The summed E-state index contributed by atoms with van der Waals surface area (Å²) in [6, 6.07) is -2.65. The van der Waals surface area contributed by atoms with E-state index in [4.69, 9.17) is 10.6 Å². The Morgan fingerprint density at radius 3 is 2.44 bits per heavy atom. The van der Waals surface area contributed by atoms with Crippen LogP contribution in [0.5, 0.6) is 0 Å². The molecular weight excluding hydrogens is 475 g/mol. The zero-order valence-corrected chi connectivity index (χ0v) is 19.6. The lowest BCUT2D eigenvalue weighted by Gasteiger charge is -2.22. The summed E-state index contributed by atoms with van der Waals surface area (Å²) in [6.45, 7) is 2.94. The third kappa shape index (κ3) is 3.95. The van der Waals surface area contributed by atoms with Crippen LogP contribution in [-0.2, 0) is 4.84 Å². The predicted molar refractivity (Wildman–Crippen MR) is 124 cm³/mol. The predicted octanol–water partition coefficient (Wildman–Crippen LogP) is 3.19. The molecule has 1 saturated heterocycles. The fourth-order valence-electron chi connectivity index (χ4n) is 4.94. The number of nitrogen functional groups attached to an aromatic ring is 1. The molecule has 0 radical (unpaired) electrons. The van der Waals surface area contributed by atoms with Crippen LogP contribution in [0.25, 0.3) is 16.6 Å². The molecule has 36 heavy (non-hydrogen) atoms. The maximum atomic E-state index is 13.6. The number of rotatable bonds is 5. The molecule has 2 fully saturated rings. The number of anilines is 1. The van der Waals surface area contributed by atoms with E-state index in [0.29, 0.717) is 23.1 Å². The molecule has 0 spiro atoms. The molecule has 0 aromatic carbocycles. The molecule has 0 amide bonds. The topological polar surface area (TPSA) is 129 Å². The normalized spacial score (nSPS) is 22.3. The van der Waals surface area contributed by atoms with Crippen LogP contribution >= 0.6 is 0 Å². The quantitative estimate of drug-likeness (QED) is 0.483. The van der Waals surface area contributed by atoms with Crippen molar-refractivity contribution >= 4 is 22.4 Å². The third-order valence-corrected chi connectivity index (χ3v) is 7.17. The average Bonchev–Trinajstić information content (AvgIpc) is 3.51. The van der Waals surface area contributed by atoms with E-state index in [1.165, 1.54) is 0 Å². The van der Waals surface area contributed by atoms with E-state index in [9.17, 15) is 13.2 Å². The zero-order valence-electron chi connectivity index (χ0n) is 19.6. The molecule has 190 valence electrons. The summed E-state index contributed by atoms with van der Waals surface area (Å²) < 4.78 is 41.8. The van der Waals surface area contributed by atoms with Crippen LogP contribution in [0.3, 0.4) is 0 Å². The lowest BCUT2D eigenvalue weighted by molar-refractivity contribution is -0.164. The monoisotopic (exact) mass is 501 g/mol. The molecule has 4 N–H and O–H groups in total. The second-order valence-corrected chi connectivity index (χ2v) is 9.57. The van der Waals surface area contributed by atoms with Gasteiger partial charge in [0, 0.05) is 18.3 Å². The van der Waals surface area contributed by atoms with Crippen molar-refractivity contribution in [2.75, 3.05) is 18.8 Å². The van der Waals surface area contributed by atoms with Gasteiger partial charge in [0.25, 0.3) is 0 Å². The van der Waals surface area contributed by atoms with Gasteiger partial charge < -0.3 is 15.9 Å². The van der Waals surface area contributed by atoms with Gasteiger partial charge in [-0.2, -0.15) is 18.3 Å². The van der Waals surface area contributed by atoms with Gasteiger partial charge >= 0.3 is 6.18 Å². The van der Waals surface area contributed by atoms with Crippen LogP contribution < -0.4 is 16.5 Å². The van der Waals surface area contributed by atoms with Crippen molar-refractivity contribution in [1.82, 2.24) is 40.5 Å². The maximum Gasteiger partial charge on any atom is 0.410 e. The molecular formula is C23H26F3N9O. The van der Waals surface area contributed by atoms with Crippen LogP contribution in [0.2, 0.25) is 0 Å². The van der Waals surface area contributed by atoms with Gasteiger partial charge in [0.1, 0.15) is 35.7 Å². The number of nitrogens with two attached hydrogens (primary N) is 1. The van der Waals surface area contributed by atoms with E-state index in [-0.39, 0.29) is 28.5 Å². The first-order chi connectivity index (χ1) is 17.3. The molecule has 6 rings (SSSR count). The highest BCUT2D eigenvalue weighted by Crippen LogP contribution is 2.48. The Bertz CT molecular complexity index is 1310. The summed E-state index contributed by atoms with van der Waals surface area (Å²) in [7, 11) is 0. The Hall–Kier alpha value is -3.32. The number of hydrogen-bond donors (Lipinski definition) is 3. The number of hydrogen-bond acceptors (Lipinski definition) is 9. The number of aromatic nitrogens is 6. The maximum absolute atomic E-state index is 13.6. The Morgan fingerprint density at radius 2 is 1.78 bits per heavy atom. The van der Waals surface area contributed by atoms with Gasteiger partial charge in [0.05, 0.1) is 11.0 Å². The third-order valence-electron chi connectivity index (χ3n) is 7.17. The van der Waals surface area contributed by atoms with Crippen molar-refractivity contribution in [3.05, 3.63) is 41.6 Å². The van der Waals surface area contributed by atoms with Crippen molar-refractivity contribution in [1.29, 1.82) is 0 Å². The minimum atomic E-state index is -4.53. The van der Waals surface area contributed by atoms with Crippen LogP contribution in [0.15, 0.2) is 24.5 Å². The summed E-state index contributed by atoms with van der Waals surface area (Å²) in [5.41, 5.74) is 11.1. The number of hydroxylamine groups is 1. The first-order valence-corrected chi connectivity index (χ1v) is 12.1. The number of fused-ring (bicyclic) bond motifs is 1. The molecule has 1 saturated carbocycles. The lowest BCUT2D eigenvalue weighted by atomic mass is 9.92. The lowest BCUT2D eigenvalue weighted by Crippen LogP contribution is -2.26. The fraction of sp³-hybridized carbons (Fsp3) is 0.522. The van der Waals surface area contributed by atoms with E-state index in [1.54, 1.807) is 0 Å². The summed E-state index contributed by atoms with van der Waals surface area (Å²) in [6.07, 6.45) is 4.23. The van der Waals surface area contributed by atoms with Crippen molar-refractivity contribution in [3.8, 4) is 0 Å². The number of halogens is 3. The number of allylic oxidation sites excluding steroid dienone is 1. The zero-order chi connectivity index (χ0) is 25.0. The standard InChI is InChI=1S/C23H26F3N9O/c1-11(23(24,25)26)35-22-16(20(27)31-10-32-22)17(33-35)18-15(19(36-34-18)13-2-3-13)21-29-8-14(9-30-21)12-4-6-28-7-5-12/h8-13,18,28,34H,2-7H2,1H3,(H2,27,31,32). The van der Waals surface area contributed by atoms with Crippen molar-refractivity contribution in [2.45, 2.75) is 56.8 Å². The second-order valence-electron chi connectivity index (χ2n) is 9.57. The Kier molecular flexibility index (Phi) is 5.56. The average molecular weight is 502 g/mol. The van der Waals surface area contributed by atoms with Gasteiger partial charge in [-0.25, -0.2) is 24.6 Å². The first-order valence-electron chi connectivity index (χ1n) is 12.1. The summed E-state index contributed by atoms with van der Waals surface area (Å²) in [4.78, 5) is 23.3. The second kappa shape index (κ2) is 8.66. The summed E-state index contributed by atoms with van der Waals surface area (Å²) in [5.74, 6) is 1.77. The van der Waals surface area contributed by atoms with Crippen LogP contribution in [0, 0.1) is 5.92 Å². The van der Waals surface area contributed by atoms with Gasteiger partial charge in [-0.15, -0.1) is 5.48 Å². The van der Waals surface area contributed by atoms with E-state index in [0.717, 1.165) is 62.3 Å². The Balaban J connectivity index is 1.44. The van der Waals surface area contributed by atoms with Crippen molar-refractivity contribution in [2.24, 2.45) is 5.92 Å².